The van der Waals surface area contributed by atoms with Gasteiger partial charge in [0.05, 0.1) is 11.8 Å². The number of barbiturate groups is 1. The number of hydrogen-bond acceptors (Lipinski definition) is 5. The molecule has 1 aliphatic rings. The predicted octanol–water partition coefficient (Wildman–Crippen LogP) is 5.27. The van der Waals surface area contributed by atoms with E-state index in [0.29, 0.717) is 20.9 Å². The smallest absolute Gasteiger partial charge is 0.273 e. The number of benzene rings is 4. The fourth-order valence-corrected chi connectivity index (χ4v) is 5.11. The lowest BCUT2D eigenvalue weighted by atomic mass is 9.89. The van der Waals surface area contributed by atoms with E-state index in [4.69, 9.17) is 0 Å². The van der Waals surface area contributed by atoms with E-state index in [1.165, 1.54) is 0 Å². The second kappa shape index (κ2) is 12.3. The first-order chi connectivity index (χ1) is 19.9. The van der Waals surface area contributed by atoms with Gasteiger partial charge in [-0.2, -0.15) is 9.80 Å². The van der Waals surface area contributed by atoms with Crippen LogP contribution >= 0.6 is 0 Å². The van der Waals surface area contributed by atoms with E-state index in [0.717, 1.165) is 11.1 Å². The van der Waals surface area contributed by atoms with E-state index in [9.17, 15) is 24.0 Å². The van der Waals surface area contributed by atoms with Crippen molar-refractivity contribution in [3.63, 3.8) is 0 Å². The van der Waals surface area contributed by atoms with Gasteiger partial charge in [-0.15, -0.1) is 0 Å². The van der Waals surface area contributed by atoms with Gasteiger partial charge >= 0.3 is 6.03 Å². The normalized spacial score (nSPS) is 15.0. The molecule has 7 heteroatoms. The summed E-state index contributed by atoms with van der Waals surface area (Å²) in [5.41, 5.74) is 2.90. The minimum absolute atomic E-state index is 0.225. The zero-order chi connectivity index (χ0) is 28.8. The van der Waals surface area contributed by atoms with Gasteiger partial charge in [-0.1, -0.05) is 121 Å². The molecule has 7 nitrogen and oxygen atoms in total. The summed E-state index contributed by atoms with van der Waals surface area (Å²) >= 11 is 0. The highest BCUT2D eigenvalue weighted by Crippen LogP contribution is 2.29. The second-order valence-corrected chi connectivity index (χ2v) is 9.90. The van der Waals surface area contributed by atoms with Gasteiger partial charge in [-0.3, -0.25) is 19.2 Å². The largest absolute Gasteiger partial charge is 0.347 e. The van der Waals surface area contributed by atoms with E-state index < -0.39 is 47.9 Å². The Hall–Kier alpha value is -5.17. The summed E-state index contributed by atoms with van der Waals surface area (Å²) in [6, 6.07) is 35.0. The van der Waals surface area contributed by atoms with Crippen LogP contribution in [0.15, 0.2) is 121 Å². The van der Waals surface area contributed by atoms with Crippen molar-refractivity contribution < 1.29 is 24.0 Å². The molecule has 0 spiro atoms. The van der Waals surface area contributed by atoms with E-state index in [2.05, 4.69) is 0 Å². The third-order valence-electron chi connectivity index (χ3n) is 7.19. The first kappa shape index (κ1) is 27.4. The van der Waals surface area contributed by atoms with E-state index in [1.807, 2.05) is 60.7 Å². The molecule has 5 rings (SSSR count). The lowest BCUT2D eigenvalue weighted by molar-refractivity contribution is -0.153. The highest BCUT2D eigenvalue weighted by Gasteiger charge is 2.48. The number of amides is 6. The SMILES string of the molecule is O=C1CC(=O)N(C(=O)C(Cc2ccccc2)c2ccccc2)C(=O)N1C(=O)C(Cc1ccccc1)c1ccccc1. The van der Waals surface area contributed by atoms with Crippen molar-refractivity contribution in [3.8, 4) is 0 Å². The molecule has 4 aromatic rings. The molecule has 0 bridgehead atoms. The van der Waals surface area contributed by atoms with Crippen LogP contribution in [0.1, 0.15) is 40.5 Å². The summed E-state index contributed by atoms with van der Waals surface area (Å²) in [6.07, 6.45) is -0.310. The maximum atomic E-state index is 14.0. The van der Waals surface area contributed by atoms with Crippen molar-refractivity contribution in [1.82, 2.24) is 9.80 Å². The second-order valence-electron chi connectivity index (χ2n) is 9.90. The topological polar surface area (TPSA) is 91.8 Å². The monoisotopic (exact) mass is 544 g/mol. The maximum Gasteiger partial charge on any atom is 0.347 e. The standard InChI is InChI=1S/C34H28N2O5/c37-30-23-31(38)36(33(40)29(27-19-11-4-12-20-27)22-25-15-7-2-8-16-25)34(41)35(30)32(39)28(26-17-9-3-10-18-26)21-24-13-5-1-6-14-24/h1-20,28-29H,21-23H2. The van der Waals surface area contributed by atoms with Crippen LogP contribution in [0.2, 0.25) is 0 Å². The van der Waals surface area contributed by atoms with Gasteiger partial charge in [0.15, 0.2) is 0 Å². The summed E-state index contributed by atoms with van der Waals surface area (Å²) in [5, 5.41) is 0. The summed E-state index contributed by atoms with van der Waals surface area (Å²) in [6.45, 7) is 0. The third-order valence-corrected chi connectivity index (χ3v) is 7.19. The van der Waals surface area contributed by atoms with Crippen molar-refractivity contribution in [2.24, 2.45) is 0 Å². The lowest BCUT2D eigenvalue weighted by Gasteiger charge is -2.34. The molecule has 1 fully saturated rings. The molecule has 1 heterocycles. The van der Waals surface area contributed by atoms with Gasteiger partial charge < -0.3 is 0 Å². The Labute approximate surface area is 238 Å². The Morgan fingerprint density at radius 2 is 0.829 bits per heavy atom. The minimum atomic E-state index is -1.23. The van der Waals surface area contributed by atoms with Crippen LogP contribution in [-0.2, 0) is 32.0 Å². The van der Waals surface area contributed by atoms with Crippen molar-refractivity contribution in [1.29, 1.82) is 0 Å². The fraction of sp³-hybridized carbons (Fsp3) is 0.147. The Bertz CT molecular complexity index is 1440. The highest BCUT2D eigenvalue weighted by atomic mass is 16.2. The lowest BCUT2D eigenvalue weighted by Crippen LogP contribution is -2.60. The Morgan fingerprint density at radius 3 is 1.17 bits per heavy atom. The first-order valence-corrected chi connectivity index (χ1v) is 13.4. The van der Waals surface area contributed by atoms with Gasteiger partial charge in [0.1, 0.15) is 6.42 Å². The molecule has 1 saturated heterocycles. The highest BCUT2D eigenvalue weighted by molar-refractivity contribution is 6.28. The van der Waals surface area contributed by atoms with Crippen LogP contribution in [0.4, 0.5) is 4.79 Å². The summed E-state index contributed by atoms with van der Waals surface area (Å²) in [7, 11) is 0. The third kappa shape index (κ3) is 6.04. The Kier molecular flexibility index (Phi) is 8.25. The number of urea groups is 1. The first-order valence-electron chi connectivity index (χ1n) is 13.4. The molecule has 0 aromatic heterocycles. The molecular formula is C34H28N2O5. The van der Waals surface area contributed by atoms with Crippen LogP contribution in [0.5, 0.6) is 0 Å². The van der Waals surface area contributed by atoms with Crippen molar-refractivity contribution >= 4 is 29.7 Å². The number of hydrogen-bond donors (Lipinski definition) is 0. The predicted molar refractivity (Wildman–Crippen MR) is 152 cm³/mol. The molecule has 2 unspecified atom stereocenters. The molecular weight excluding hydrogens is 516 g/mol. The quantitative estimate of drug-likeness (QED) is 0.282. The zero-order valence-electron chi connectivity index (χ0n) is 22.3. The molecule has 1 aliphatic heterocycles. The average Bonchev–Trinajstić information content (AvgIpc) is 3.00. The van der Waals surface area contributed by atoms with Crippen molar-refractivity contribution in [2.75, 3.05) is 0 Å². The summed E-state index contributed by atoms with van der Waals surface area (Å²) in [4.78, 5) is 68.8. The molecule has 0 radical (unpaired) electrons. The van der Waals surface area contributed by atoms with E-state index in [-0.39, 0.29) is 12.8 Å². The minimum Gasteiger partial charge on any atom is -0.273 e. The molecule has 41 heavy (non-hydrogen) atoms. The summed E-state index contributed by atoms with van der Waals surface area (Å²) in [5.74, 6) is -5.21. The van der Waals surface area contributed by atoms with E-state index in [1.54, 1.807) is 60.7 Å². The number of imide groups is 6. The van der Waals surface area contributed by atoms with Gasteiger partial charge in [-0.05, 0) is 35.1 Å². The summed E-state index contributed by atoms with van der Waals surface area (Å²) < 4.78 is 0. The van der Waals surface area contributed by atoms with Crippen molar-refractivity contribution in [2.45, 2.75) is 31.1 Å². The number of rotatable bonds is 8. The molecule has 0 aliphatic carbocycles. The van der Waals surface area contributed by atoms with Crippen LogP contribution in [-0.4, -0.2) is 39.5 Å². The van der Waals surface area contributed by atoms with Gasteiger partial charge in [-0.25, -0.2) is 4.79 Å². The molecule has 4 aromatic carbocycles. The fourth-order valence-electron chi connectivity index (χ4n) is 5.11. The van der Waals surface area contributed by atoms with Gasteiger partial charge in [0, 0.05) is 0 Å². The molecule has 2 atom stereocenters. The number of carbonyl (C=O) groups excluding carboxylic acids is 5. The Morgan fingerprint density at radius 1 is 0.512 bits per heavy atom. The van der Waals surface area contributed by atoms with Crippen LogP contribution in [0.3, 0.4) is 0 Å². The molecule has 0 N–H and O–H groups in total. The van der Waals surface area contributed by atoms with E-state index >= 15 is 0 Å². The van der Waals surface area contributed by atoms with Crippen LogP contribution in [0, 0.1) is 0 Å². The zero-order valence-corrected chi connectivity index (χ0v) is 22.3. The molecule has 6 amide bonds. The van der Waals surface area contributed by atoms with Crippen molar-refractivity contribution in [3.05, 3.63) is 144 Å². The Balaban J connectivity index is 1.48. The molecule has 0 saturated carbocycles. The van der Waals surface area contributed by atoms with Crippen LogP contribution in [0.25, 0.3) is 0 Å². The average molecular weight is 545 g/mol. The number of nitrogens with zero attached hydrogens (tertiary/aromatic N) is 2. The van der Waals surface area contributed by atoms with Crippen LogP contribution < -0.4 is 0 Å². The maximum absolute atomic E-state index is 14.0. The molecule has 204 valence electrons. The number of carbonyl (C=O) groups is 5. The van der Waals surface area contributed by atoms with Gasteiger partial charge in [0.2, 0.25) is 23.6 Å². The van der Waals surface area contributed by atoms with Gasteiger partial charge in [0.25, 0.3) is 0 Å².